The molecule has 0 bridgehead atoms. The number of aliphatic carboxylic acids is 1. The van der Waals surface area contributed by atoms with E-state index in [9.17, 15) is 19.1 Å². The molecule has 24 heavy (non-hydrogen) atoms. The lowest BCUT2D eigenvalue weighted by atomic mass is 9.89. The molecule has 0 radical (unpaired) electrons. The molecule has 0 spiro atoms. The number of aryl methyl sites for hydroxylation is 1. The highest BCUT2D eigenvalue weighted by Gasteiger charge is 2.40. The lowest BCUT2D eigenvalue weighted by molar-refractivity contribution is -0.141. The Bertz CT molecular complexity index is 776. The zero-order valence-electron chi connectivity index (χ0n) is 13.1. The van der Waals surface area contributed by atoms with Crippen molar-refractivity contribution >= 4 is 11.9 Å². The molecule has 1 saturated heterocycles. The molecule has 2 heterocycles. The van der Waals surface area contributed by atoms with Crippen LogP contribution in [0.1, 0.15) is 23.1 Å². The van der Waals surface area contributed by atoms with Crippen LogP contribution in [0.25, 0.3) is 0 Å². The number of nitrogens with zero attached hydrogens (tertiary/aromatic N) is 3. The summed E-state index contributed by atoms with van der Waals surface area (Å²) >= 11 is 0. The summed E-state index contributed by atoms with van der Waals surface area (Å²) in [4.78, 5) is 29.5. The third-order valence-electron chi connectivity index (χ3n) is 4.22. The Morgan fingerprint density at radius 1 is 1.42 bits per heavy atom. The lowest BCUT2D eigenvalue weighted by Crippen LogP contribution is -2.31. The maximum absolute atomic E-state index is 13.4. The summed E-state index contributed by atoms with van der Waals surface area (Å²) in [6.07, 6.45) is 0.00650. The van der Waals surface area contributed by atoms with Crippen LogP contribution in [0.3, 0.4) is 0 Å². The molecule has 7 nitrogen and oxygen atoms in total. The normalized spacial score (nSPS) is 20.3. The number of carboxylic acids is 1. The molecule has 8 heteroatoms. The predicted octanol–water partition coefficient (Wildman–Crippen LogP) is 1.12. The molecule has 3 rings (SSSR count). The fourth-order valence-corrected chi connectivity index (χ4v) is 3.05. The monoisotopic (exact) mass is 332 g/mol. The van der Waals surface area contributed by atoms with Gasteiger partial charge in [0.2, 0.25) is 5.91 Å². The van der Waals surface area contributed by atoms with E-state index in [4.69, 9.17) is 0 Å². The smallest absolute Gasteiger partial charge is 0.308 e. The summed E-state index contributed by atoms with van der Waals surface area (Å²) in [5.41, 5.74) is 0.589. The minimum absolute atomic E-state index is 0.00650. The average Bonchev–Trinajstić information content (AvgIpc) is 3.14. The van der Waals surface area contributed by atoms with E-state index in [0.29, 0.717) is 17.2 Å². The highest BCUT2D eigenvalue weighted by atomic mass is 19.1. The van der Waals surface area contributed by atoms with Gasteiger partial charge in [0, 0.05) is 19.0 Å². The molecular formula is C16H17FN4O3. The van der Waals surface area contributed by atoms with Crippen LogP contribution in [-0.2, 0) is 16.0 Å². The minimum atomic E-state index is -0.992. The Kier molecular flexibility index (Phi) is 4.28. The SMILES string of the molecule is Cc1nc(CC(=O)N2CC(C(=O)O)C(c3cccc(F)c3)C2)n[nH]1. The number of carbonyl (C=O) groups excluding carboxylic acids is 1. The van der Waals surface area contributed by atoms with Gasteiger partial charge < -0.3 is 10.0 Å². The zero-order chi connectivity index (χ0) is 17.3. The average molecular weight is 332 g/mol. The predicted molar refractivity (Wildman–Crippen MR) is 81.7 cm³/mol. The van der Waals surface area contributed by atoms with Gasteiger partial charge in [-0.3, -0.25) is 14.7 Å². The summed E-state index contributed by atoms with van der Waals surface area (Å²) in [7, 11) is 0. The number of nitrogens with one attached hydrogen (secondary N) is 1. The molecule has 1 aliphatic rings. The summed E-state index contributed by atoms with van der Waals surface area (Å²) in [5.74, 6) is -1.86. The van der Waals surface area contributed by atoms with Crippen molar-refractivity contribution in [2.24, 2.45) is 5.92 Å². The number of amides is 1. The summed E-state index contributed by atoms with van der Waals surface area (Å²) < 4.78 is 13.4. The molecule has 1 amide bonds. The Morgan fingerprint density at radius 3 is 2.83 bits per heavy atom. The van der Waals surface area contributed by atoms with E-state index in [1.54, 1.807) is 19.1 Å². The van der Waals surface area contributed by atoms with Gasteiger partial charge in [0.05, 0.1) is 12.3 Å². The number of carbonyl (C=O) groups is 2. The summed E-state index contributed by atoms with van der Waals surface area (Å²) in [6, 6.07) is 5.87. The van der Waals surface area contributed by atoms with Crippen molar-refractivity contribution in [1.29, 1.82) is 0 Å². The molecule has 2 atom stereocenters. The summed E-state index contributed by atoms with van der Waals surface area (Å²) in [5, 5.41) is 16.0. The Hall–Kier alpha value is -2.77. The third-order valence-corrected chi connectivity index (χ3v) is 4.22. The van der Waals surface area contributed by atoms with Crippen molar-refractivity contribution in [1.82, 2.24) is 20.1 Å². The molecular weight excluding hydrogens is 315 g/mol. The van der Waals surface area contributed by atoms with Crippen LogP contribution >= 0.6 is 0 Å². The molecule has 1 aliphatic heterocycles. The highest BCUT2D eigenvalue weighted by Crippen LogP contribution is 2.33. The number of hydrogen-bond donors (Lipinski definition) is 2. The maximum atomic E-state index is 13.4. The van der Waals surface area contributed by atoms with Crippen LogP contribution in [0.5, 0.6) is 0 Å². The fourth-order valence-electron chi connectivity index (χ4n) is 3.05. The first kappa shape index (κ1) is 16.1. The second kappa shape index (κ2) is 6.38. The van der Waals surface area contributed by atoms with Crippen LogP contribution in [0.4, 0.5) is 4.39 Å². The van der Waals surface area contributed by atoms with Crippen LogP contribution in [0.2, 0.25) is 0 Å². The largest absolute Gasteiger partial charge is 0.481 e. The number of aromatic amines is 1. The Labute approximate surface area is 137 Å². The van der Waals surface area contributed by atoms with Crippen molar-refractivity contribution in [2.75, 3.05) is 13.1 Å². The standard InChI is InChI=1S/C16H17FN4O3/c1-9-18-14(20-19-9)6-15(22)21-7-12(13(8-21)16(23)24)10-3-2-4-11(17)5-10/h2-5,12-13H,6-8H2,1H3,(H,23,24)(H,18,19,20). The number of aromatic nitrogens is 3. The third kappa shape index (κ3) is 3.27. The van der Waals surface area contributed by atoms with E-state index in [1.807, 2.05) is 0 Å². The van der Waals surface area contributed by atoms with Gasteiger partial charge in [0.1, 0.15) is 11.6 Å². The molecule has 0 aliphatic carbocycles. The fraction of sp³-hybridized carbons (Fsp3) is 0.375. The number of H-pyrrole nitrogens is 1. The number of benzene rings is 1. The van der Waals surface area contributed by atoms with E-state index in [-0.39, 0.29) is 25.4 Å². The second-order valence-electron chi connectivity index (χ2n) is 5.92. The summed E-state index contributed by atoms with van der Waals surface area (Å²) in [6.45, 7) is 2.07. The molecule has 1 aromatic carbocycles. The zero-order valence-corrected chi connectivity index (χ0v) is 13.1. The molecule has 2 N–H and O–H groups in total. The topological polar surface area (TPSA) is 99.2 Å². The van der Waals surface area contributed by atoms with Gasteiger partial charge in [-0.05, 0) is 24.6 Å². The van der Waals surface area contributed by atoms with E-state index < -0.39 is 23.6 Å². The van der Waals surface area contributed by atoms with E-state index >= 15 is 0 Å². The second-order valence-corrected chi connectivity index (χ2v) is 5.92. The van der Waals surface area contributed by atoms with Gasteiger partial charge in [-0.25, -0.2) is 9.37 Å². The maximum Gasteiger partial charge on any atom is 0.308 e. The first-order valence-electron chi connectivity index (χ1n) is 7.58. The highest BCUT2D eigenvalue weighted by molar-refractivity contribution is 5.80. The van der Waals surface area contributed by atoms with Gasteiger partial charge in [-0.1, -0.05) is 12.1 Å². The number of likely N-dealkylation sites (tertiary alicyclic amines) is 1. The molecule has 1 aromatic heterocycles. The van der Waals surface area contributed by atoms with Crippen LogP contribution < -0.4 is 0 Å². The van der Waals surface area contributed by atoms with E-state index in [2.05, 4.69) is 15.2 Å². The number of rotatable bonds is 4. The van der Waals surface area contributed by atoms with E-state index in [0.717, 1.165) is 0 Å². The van der Waals surface area contributed by atoms with Crippen LogP contribution in [0.15, 0.2) is 24.3 Å². The van der Waals surface area contributed by atoms with Crippen molar-refractivity contribution < 1.29 is 19.1 Å². The first-order chi connectivity index (χ1) is 11.4. The van der Waals surface area contributed by atoms with Gasteiger partial charge in [0.15, 0.2) is 5.82 Å². The minimum Gasteiger partial charge on any atom is -0.481 e. The number of carboxylic acid groups (broad SMARTS) is 1. The van der Waals surface area contributed by atoms with Crippen molar-refractivity contribution in [3.05, 3.63) is 47.3 Å². The number of hydrogen-bond acceptors (Lipinski definition) is 4. The first-order valence-corrected chi connectivity index (χ1v) is 7.58. The molecule has 2 aromatic rings. The quantitative estimate of drug-likeness (QED) is 0.874. The molecule has 1 fully saturated rings. The van der Waals surface area contributed by atoms with Gasteiger partial charge in [-0.15, -0.1) is 0 Å². The van der Waals surface area contributed by atoms with Crippen molar-refractivity contribution in [3.8, 4) is 0 Å². The van der Waals surface area contributed by atoms with Crippen molar-refractivity contribution in [3.63, 3.8) is 0 Å². The van der Waals surface area contributed by atoms with Gasteiger partial charge in [0.25, 0.3) is 0 Å². The molecule has 2 unspecified atom stereocenters. The molecule has 126 valence electrons. The van der Waals surface area contributed by atoms with E-state index in [1.165, 1.54) is 17.0 Å². The van der Waals surface area contributed by atoms with Crippen molar-refractivity contribution in [2.45, 2.75) is 19.3 Å². The Morgan fingerprint density at radius 2 is 2.21 bits per heavy atom. The van der Waals surface area contributed by atoms with Gasteiger partial charge in [-0.2, -0.15) is 5.10 Å². The van der Waals surface area contributed by atoms with Gasteiger partial charge >= 0.3 is 5.97 Å². The number of halogens is 1. The molecule has 0 saturated carbocycles. The Balaban J connectivity index is 1.77. The van der Waals surface area contributed by atoms with Crippen LogP contribution in [-0.4, -0.2) is 50.2 Å². The van der Waals surface area contributed by atoms with Crippen LogP contribution in [0, 0.1) is 18.7 Å². The lowest BCUT2D eigenvalue weighted by Gasteiger charge is -2.16.